The van der Waals surface area contributed by atoms with Gasteiger partial charge in [-0.25, -0.2) is 0 Å². The number of nitrogens with one attached hydrogen (secondary N) is 1. The number of hydrogen-bond donors (Lipinski definition) is 1. The maximum absolute atomic E-state index is 12.7. The molecule has 0 unspecified atom stereocenters. The van der Waals surface area contributed by atoms with Crippen molar-refractivity contribution in [3.63, 3.8) is 0 Å². The van der Waals surface area contributed by atoms with Crippen LogP contribution in [0.25, 0.3) is 6.08 Å². The molecule has 0 saturated heterocycles. The molecular formula is C32H27ClN2O4. The van der Waals surface area contributed by atoms with Gasteiger partial charge in [-0.15, -0.1) is 0 Å². The van der Waals surface area contributed by atoms with Crippen molar-refractivity contribution < 1.29 is 19.0 Å². The number of nitriles is 1. The van der Waals surface area contributed by atoms with Gasteiger partial charge in [0.05, 0.1) is 6.61 Å². The number of para-hydroxylation sites is 1. The minimum atomic E-state index is -0.540. The lowest BCUT2D eigenvalue weighted by Crippen LogP contribution is -2.13. The maximum Gasteiger partial charge on any atom is 0.266 e. The number of carbonyl (C=O) groups is 1. The zero-order valence-electron chi connectivity index (χ0n) is 21.4. The Balaban J connectivity index is 1.46. The summed E-state index contributed by atoms with van der Waals surface area (Å²) in [6.07, 6.45) is 1.50. The van der Waals surface area contributed by atoms with Crippen molar-refractivity contribution in [1.82, 2.24) is 0 Å². The second kappa shape index (κ2) is 13.7. The summed E-state index contributed by atoms with van der Waals surface area (Å²) in [5.74, 6) is 1.27. The first-order valence-electron chi connectivity index (χ1n) is 12.4. The number of benzene rings is 4. The van der Waals surface area contributed by atoms with Crippen molar-refractivity contribution >= 4 is 29.3 Å². The van der Waals surface area contributed by atoms with Crippen LogP contribution in [0.2, 0.25) is 5.02 Å². The Kier molecular flexibility index (Phi) is 9.60. The molecule has 4 aromatic carbocycles. The minimum absolute atomic E-state index is 0.0652. The highest BCUT2D eigenvalue weighted by Gasteiger charge is 2.13. The minimum Gasteiger partial charge on any atom is -0.490 e. The van der Waals surface area contributed by atoms with E-state index < -0.39 is 5.91 Å². The fraction of sp³-hybridized carbons (Fsp3) is 0.125. The molecule has 0 bridgehead atoms. The van der Waals surface area contributed by atoms with Crippen LogP contribution in [0.5, 0.6) is 17.2 Å². The molecule has 4 rings (SSSR count). The number of amides is 1. The average molecular weight is 539 g/mol. The van der Waals surface area contributed by atoms with E-state index in [0.717, 1.165) is 11.1 Å². The van der Waals surface area contributed by atoms with Gasteiger partial charge >= 0.3 is 0 Å². The van der Waals surface area contributed by atoms with Crippen LogP contribution in [-0.4, -0.2) is 12.5 Å². The van der Waals surface area contributed by atoms with E-state index in [9.17, 15) is 10.1 Å². The summed E-state index contributed by atoms with van der Waals surface area (Å²) in [5.41, 5.74) is 2.98. The summed E-state index contributed by atoms with van der Waals surface area (Å²) in [6, 6.07) is 31.5. The van der Waals surface area contributed by atoms with E-state index in [4.69, 9.17) is 25.8 Å². The molecule has 6 nitrogen and oxygen atoms in total. The van der Waals surface area contributed by atoms with Gasteiger partial charge in [0.15, 0.2) is 11.5 Å². The molecule has 0 aromatic heterocycles. The standard InChI is InChI=1S/C32H27ClN2O4/c1-2-37-31-17-24(15-16-30(31)39-21-23-9-4-3-5-10-23)22-38-29-14-7-6-11-25(29)18-26(20-34)32(36)35-28-13-8-12-27(33)19-28/h3-19H,2,21-22H2,1H3,(H,35,36)/b26-18-. The zero-order valence-corrected chi connectivity index (χ0v) is 22.2. The molecule has 0 aliphatic carbocycles. The van der Waals surface area contributed by atoms with Gasteiger partial charge in [-0.3, -0.25) is 4.79 Å². The lowest BCUT2D eigenvalue weighted by Gasteiger charge is -2.15. The van der Waals surface area contributed by atoms with Gasteiger partial charge < -0.3 is 19.5 Å². The molecule has 1 amide bonds. The van der Waals surface area contributed by atoms with Crippen LogP contribution >= 0.6 is 11.6 Å². The van der Waals surface area contributed by atoms with Crippen molar-refractivity contribution in [3.8, 4) is 23.3 Å². The normalized spacial score (nSPS) is 10.8. The number of ether oxygens (including phenoxy) is 3. The molecule has 1 N–H and O–H groups in total. The van der Waals surface area contributed by atoms with Gasteiger partial charge in [0.25, 0.3) is 5.91 Å². The number of anilines is 1. The summed E-state index contributed by atoms with van der Waals surface area (Å²) >= 11 is 5.99. The lowest BCUT2D eigenvalue weighted by atomic mass is 10.1. The van der Waals surface area contributed by atoms with Crippen LogP contribution in [0.15, 0.2) is 103 Å². The highest BCUT2D eigenvalue weighted by molar-refractivity contribution is 6.31. The lowest BCUT2D eigenvalue weighted by molar-refractivity contribution is -0.112. The van der Waals surface area contributed by atoms with Gasteiger partial charge in [0.1, 0.15) is 30.6 Å². The third-order valence-corrected chi connectivity index (χ3v) is 5.84. The van der Waals surface area contributed by atoms with Gasteiger partial charge in [0, 0.05) is 16.3 Å². The first-order valence-corrected chi connectivity index (χ1v) is 12.8. The van der Waals surface area contributed by atoms with E-state index >= 15 is 0 Å². The molecule has 0 atom stereocenters. The molecule has 196 valence electrons. The summed E-state index contributed by atoms with van der Waals surface area (Å²) in [6.45, 7) is 3.10. The largest absolute Gasteiger partial charge is 0.490 e. The Labute approximate surface area is 233 Å². The smallest absolute Gasteiger partial charge is 0.266 e. The van der Waals surface area contributed by atoms with E-state index in [0.29, 0.717) is 46.7 Å². The SMILES string of the molecule is CCOc1cc(COc2ccccc2/C=C(/C#N)C(=O)Nc2cccc(Cl)c2)ccc1OCc1ccccc1. The van der Waals surface area contributed by atoms with E-state index in [1.54, 1.807) is 36.4 Å². The predicted octanol–water partition coefficient (Wildman–Crippen LogP) is 7.44. The van der Waals surface area contributed by atoms with Crippen molar-refractivity contribution in [2.45, 2.75) is 20.1 Å². The summed E-state index contributed by atoms with van der Waals surface area (Å²) < 4.78 is 17.9. The summed E-state index contributed by atoms with van der Waals surface area (Å²) in [4.78, 5) is 12.7. The van der Waals surface area contributed by atoms with E-state index in [-0.39, 0.29) is 12.2 Å². The molecule has 7 heteroatoms. The molecule has 0 aliphatic rings. The van der Waals surface area contributed by atoms with Crippen molar-refractivity contribution in [3.05, 3.63) is 124 Å². The first-order chi connectivity index (χ1) is 19.1. The number of halogens is 1. The topological polar surface area (TPSA) is 80.6 Å². The summed E-state index contributed by atoms with van der Waals surface area (Å²) in [5, 5.41) is 12.8. The van der Waals surface area contributed by atoms with E-state index in [2.05, 4.69) is 5.32 Å². The van der Waals surface area contributed by atoms with Crippen LogP contribution in [0.3, 0.4) is 0 Å². The van der Waals surface area contributed by atoms with Crippen LogP contribution < -0.4 is 19.5 Å². The van der Waals surface area contributed by atoms with Crippen LogP contribution in [-0.2, 0) is 18.0 Å². The number of rotatable bonds is 11. The second-order valence-electron chi connectivity index (χ2n) is 8.45. The Morgan fingerprint density at radius 1 is 0.821 bits per heavy atom. The van der Waals surface area contributed by atoms with Crippen molar-refractivity contribution in [2.24, 2.45) is 0 Å². The molecular weight excluding hydrogens is 512 g/mol. The quantitative estimate of drug-likeness (QED) is 0.158. The predicted molar refractivity (Wildman–Crippen MR) is 153 cm³/mol. The Morgan fingerprint density at radius 2 is 1.56 bits per heavy atom. The molecule has 0 saturated carbocycles. The number of hydrogen-bond acceptors (Lipinski definition) is 5. The van der Waals surface area contributed by atoms with E-state index in [1.807, 2.05) is 73.7 Å². The zero-order chi connectivity index (χ0) is 27.5. The van der Waals surface area contributed by atoms with Gasteiger partial charge in [-0.05, 0) is 60.5 Å². The van der Waals surface area contributed by atoms with Gasteiger partial charge in [-0.2, -0.15) is 5.26 Å². The van der Waals surface area contributed by atoms with Gasteiger partial charge in [-0.1, -0.05) is 72.3 Å². The van der Waals surface area contributed by atoms with Crippen LogP contribution in [0.1, 0.15) is 23.6 Å². The molecule has 0 spiro atoms. The monoisotopic (exact) mass is 538 g/mol. The van der Waals surface area contributed by atoms with E-state index in [1.165, 1.54) is 6.08 Å². The molecule has 0 fully saturated rings. The third-order valence-electron chi connectivity index (χ3n) is 5.61. The maximum atomic E-state index is 12.7. The number of carbonyl (C=O) groups excluding carboxylic acids is 1. The highest BCUT2D eigenvalue weighted by Crippen LogP contribution is 2.30. The third kappa shape index (κ3) is 7.88. The first kappa shape index (κ1) is 27.3. The van der Waals surface area contributed by atoms with Crippen molar-refractivity contribution in [1.29, 1.82) is 5.26 Å². The fourth-order valence-corrected chi connectivity index (χ4v) is 3.92. The Bertz CT molecular complexity index is 1500. The number of nitrogens with zero attached hydrogens (tertiary/aromatic N) is 1. The summed E-state index contributed by atoms with van der Waals surface area (Å²) in [7, 11) is 0. The molecule has 4 aromatic rings. The fourth-order valence-electron chi connectivity index (χ4n) is 3.73. The molecule has 0 radical (unpaired) electrons. The van der Waals surface area contributed by atoms with Crippen molar-refractivity contribution in [2.75, 3.05) is 11.9 Å². The van der Waals surface area contributed by atoms with Crippen LogP contribution in [0, 0.1) is 11.3 Å². The average Bonchev–Trinajstić information content (AvgIpc) is 2.95. The molecule has 0 heterocycles. The Morgan fingerprint density at radius 3 is 2.33 bits per heavy atom. The Hall–Kier alpha value is -4.73. The second-order valence-corrected chi connectivity index (χ2v) is 8.89. The molecule has 0 aliphatic heterocycles. The van der Waals surface area contributed by atoms with Crippen LogP contribution in [0.4, 0.5) is 5.69 Å². The highest BCUT2D eigenvalue weighted by atomic mass is 35.5. The van der Waals surface area contributed by atoms with Gasteiger partial charge in [0.2, 0.25) is 0 Å². The molecule has 39 heavy (non-hydrogen) atoms.